The fourth-order valence-electron chi connectivity index (χ4n) is 13.8. The highest BCUT2D eigenvalue weighted by Crippen LogP contribution is 2.52. The van der Waals surface area contributed by atoms with Gasteiger partial charge in [-0.2, -0.15) is 0 Å². The second kappa shape index (κ2) is 14.6. The molecule has 4 aliphatic rings. The molecular formula is C66H41B2N5. The first-order chi connectivity index (χ1) is 36.3. The summed E-state index contributed by atoms with van der Waals surface area (Å²) in [7, 11) is 0. The van der Waals surface area contributed by atoms with E-state index in [9.17, 15) is 0 Å². The van der Waals surface area contributed by atoms with Gasteiger partial charge in [-0.1, -0.05) is 146 Å². The Morgan fingerprint density at radius 3 is 1.26 bits per heavy atom. The molecular weight excluding hydrogens is 884 g/mol. The van der Waals surface area contributed by atoms with Crippen molar-refractivity contribution in [2.75, 3.05) is 19.6 Å². The Hall–Kier alpha value is -9.45. The zero-order valence-electron chi connectivity index (χ0n) is 39.6. The third-order valence-corrected chi connectivity index (χ3v) is 16.4. The van der Waals surface area contributed by atoms with E-state index >= 15 is 0 Å². The third-order valence-electron chi connectivity index (χ3n) is 16.4. The molecule has 0 unspecified atom stereocenters. The van der Waals surface area contributed by atoms with Crippen molar-refractivity contribution in [2.24, 2.45) is 0 Å². The molecule has 5 nitrogen and oxygen atoms in total. The Morgan fingerprint density at radius 1 is 0.260 bits per heavy atom. The monoisotopic (exact) mass is 925 g/mol. The second-order valence-electron chi connectivity index (χ2n) is 19.9. The maximum Gasteiger partial charge on any atom is 0.253 e. The van der Waals surface area contributed by atoms with E-state index in [1.165, 1.54) is 116 Å². The lowest BCUT2D eigenvalue weighted by Gasteiger charge is -2.44. The van der Waals surface area contributed by atoms with E-state index in [1.807, 2.05) is 0 Å². The molecule has 0 saturated carbocycles. The summed E-state index contributed by atoms with van der Waals surface area (Å²) in [5.74, 6) is 0. The number of para-hydroxylation sites is 7. The normalized spacial score (nSPS) is 13.9. The SMILES string of the molecule is c1ccc(N2c3ccccc3B3c4c2cccc4N(c2ccccc2)c2ccc4c(c23)c2cc3c(c5c6ccccc6n4c25)N(c2ccccc2)c2cccc4c2B3c2ccccc2N4c2ccccc2)cc1. The minimum atomic E-state index is -0.0581. The van der Waals surface area contributed by atoms with Gasteiger partial charge in [-0.15, -0.1) is 0 Å². The molecule has 4 aliphatic heterocycles. The molecule has 0 amide bonds. The van der Waals surface area contributed by atoms with Crippen LogP contribution < -0.4 is 52.4 Å². The van der Waals surface area contributed by atoms with Crippen LogP contribution in [0, 0.1) is 0 Å². The second-order valence-corrected chi connectivity index (χ2v) is 19.9. The molecule has 0 atom stereocenters. The molecule has 11 aromatic carbocycles. The highest BCUT2D eigenvalue weighted by Gasteiger charge is 2.47. The summed E-state index contributed by atoms with van der Waals surface area (Å²) in [5, 5.41) is 5.13. The molecule has 0 N–H and O–H groups in total. The van der Waals surface area contributed by atoms with Gasteiger partial charge in [0.15, 0.2) is 0 Å². The van der Waals surface area contributed by atoms with Crippen LogP contribution in [0.25, 0.3) is 38.1 Å². The topological polar surface area (TPSA) is 17.4 Å². The number of hydrogen-bond donors (Lipinski definition) is 0. The highest BCUT2D eigenvalue weighted by molar-refractivity contribution is 7.02. The Kier molecular flexibility index (Phi) is 7.84. The maximum absolute atomic E-state index is 2.63. The summed E-state index contributed by atoms with van der Waals surface area (Å²) in [6.45, 7) is -0.108. The van der Waals surface area contributed by atoms with Crippen molar-refractivity contribution in [2.45, 2.75) is 0 Å². The smallest absolute Gasteiger partial charge is 0.253 e. The molecule has 6 heterocycles. The largest absolute Gasteiger partial charge is 0.311 e. The zero-order chi connectivity index (χ0) is 47.5. The Labute approximate surface area is 423 Å². The first-order valence-corrected chi connectivity index (χ1v) is 25.4. The zero-order valence-corrected chi connectivity index (χ0v) is 39.6. The van der Waals surface area contributed by atoms with Crippen LogP contribution in [0.5, 0.6) is 0 Å². The van der Waals surface area contributed by atoms with Crippen LogP contribution in [-0.4, -0.2) is 17.8 Å². The lowest BCUT2D eigenvalue weighted by atomic mass is 9.32. The van der Waals surface area contributed by atoms with Gasteiger partial charge in [0.25, 0.3) is 13.4 Å². The van der Waals surface area contributed by atoms with Crippen molar-refractivity contribution in [3.05, 3.63) is 249 Å². The number of fused-ring (bicyclic) bond motifs is 16. The van der Waals surface area contributed by atoms with Gasteiger partial charge in [0, 0.05) is 84.1 Å². The van der Waals surface area contributed by atoms with Gasteiger partial charge in [-0.25, -0.2) is 0 Å². The van der Waals surface area contributed by atoms with E-state index in [-0.39, 0.29) is 13.4 Å². The molecule has 0 spiro atoms. The molecule has 336 valence electrons. The van der Waals surface area contributed by atoms with Gasteiger partial charge in [-0.3, -0.25) is 0 Å². The van der Waals surface area contributed by atoms with Crippen LogP contribution in [0.3, 0.4) is 0 Å². The molecule has 0 bridgehead atoms. The van der Waals surface area contributed by atoms with Crippen molar-refractivity contribution in [1.29, 1.82) is 0 Å². The third kappa shape index (κ3) is 5.08. The summed E-state index contributed by atoms with van der Waals surface area (Å²) < 4.78 is 2.61. The van der Waals surface area contributed by atoms with Crippen LogP contribution in [0.4, 0.5) is 68.2 Å². The molecule has 7 heteroatoms. The van der Waals surface area contributed by atoms with Crippen molar-refractivity contribution < 1.29 is 0 Å². The molecule has 0 fully saturated rings. The number of nitrogens with zero attached hydrogens (tertiary/aromatic N) is 5. The van der Waals surface area contributed by atoms with Crippen molar-refractivity contribution in [1.82, 2.24) is 4.40 Å². The predicted octanol–water partition coefficient (Wildman–Crippen LogP) is 13.0. The Morgan fingerprint density at radius 2 is 0.685 bits per heavy atom. The lowest BCUT2D eigenvalue weighted by Crippen LogP contribution is -2.61. The number of rotatable bonds is 4. The maximum atomic E-state index is 2.63. The van der Waals surface area contributed by atoms with Crippen molar-refractivity contribution in [3.8, 4) is 0 Å². The minimum Gasteiger partial charge on any atom is -0.311 e. The molecule has 73 heavy (non-hydrogen) atoms. The van der Waals surface area contributed by atoms with Crippen LogP contribution in [0.2, 0.25) is 0 Å². The van der Waals surface area contributed by atoms with E-state index in [0.29, 0.717) is 0 Å². The highest BCUT2D eigenvalue weighted by atomic mass is 15.2. The van der Waals surface area contributed by atoms with Gasteiger partial charge >= 0.3 is 0 Å². The van der Waals surface area contributed by atoms with E-state index in [2.05, 4.69) is 273 Å². The van der Waals surface area contributed by atoms with Gasteiger partial charge in [-0.05, 0) is 136 Å². The van der Waals surface area contributed by atoms with E-state index in [1.54, 1.807) is 0 Å². The van der Waals surface area contributed by atoms with Gasteiger partial charge in [0.2, 0.25) is 0 Å². The molecule has 0 saturated heterocycles. The summed E-state index contributed by atoms with van der Waals surface area (Å²) in [6, 6.07) is 92.7. The molecule has 2 aromatic heterocycles. The fourth-order valence-corrected chi connectivity index (χ4v) is 13.8. The van der Waals surface area contributed by atoms with E-state index in [0.717, 1.165) is 22.7 Å². The average molecular weight is 926 g/mol. The molecule has 17 rings (SSSR count). The van der Waals surface area contributed by atoms with E-state index < -0.39 is 0 Å². The molecule has 0 aliphatic carbocycles. The standard InChI is InChI=1S/C66H41B2N5/c1-5-21-42(22-6-1)69-52-33-17-14-30-48(52)67-50-41-47-60-54(73-51-32-16-13-29-46(51)61(65(47)73)66(50)72(45-27-11-4-12-28-45)58-38-20-35-55(69)62(58)67)39-40-59-64(60)68-49-31-15-18-34-53(49)70(43-23-7-2-8-24-43)56-36-19-37-57(63(56)68)71(59)44-25-9-3-10-26-44/h1-41H. The van der Waals surface area contributed by atoms with E-state index in [4.69, 9.17) is 0 Å². The molecule has 13 aromatic rings. The summed E-state index contributed by atoms with van der Waals surface area (Å²) >= 11 is 0. The first kappa shape index (κ1) is 39.3. The van der Waals surface area contributed by atoms with Crippen LogP contribution in [-0.2, 0) is 0 Å². The van der Waals surface area contributed by atoms with Gasteiger partial charge < -0.3 is 24.0 Å². The summed E-state index contributed by atoms with van der Waals surface area (Å²) in [6.07, 6.45) is 0. The van der Waals surface area contributed by atoms with Crippen molar-refractivity contribution >= 4 is 153 Å². The molecule has 0 radical (unpaired) electrons. The number of hydrogen-bond acceptors (Lipinski definition) is 4. The Balaban J connectivity index is 1.05. The van der Waals surface area contributed by atoms with Crippen LogP contribution >= 0.6 is 0 Å². The van der Waals surface area contributed by atoms with Gasteiger partial charge in [0.1, 0.15) is 0 Å². The summed E-state index contributed by atoms with van der Waals surface area (Å²) in [4.78, 5) is 10.1. The van der Waals surface area contributed by atoms with Gasteiger partial charge in [0.05, 0.1) is 22.2 Å². The summed E-state index contributed by atoms with van der Waals surface area (Å²) in [5.41, 5.74) is 25.9. The fraction of sp³-hybridized carbons (Fsp3) is 0. The predicted molar refractivity (Wildman–Crippen MR) is 309 cm³/mol. The number of anilines is 12. The minimum absolute atomic E-state index is 0.0494. The Bertz CT molecular complexity index is 4410. The average Bonchev–Trinajstić information content (AvgIpc) is 3.98. The first-order valence-electron chi connectivity index (χ1n) is 25.4. The van der Waals surface area contributed by atoms with Crippen molar-refractivity contribution in [3.63, 3.8) is 0 Å². The van der Waals surface area contributed by atoms with Crippen LogP contribution in [0.15, 0.2) is 249 Å². The quantitative estimate of drug-likeness (QED) is 0.164. The van der Waals surface area contributed by atoms with Crippen LogP contribution in [0.1, 0.15) is 0 Å². The number of benzene rings is 11. The lowest BCUT2D eigenvalue weighted by molar-refractivity contribution is 1.25. The number of aromatic nitrogens is 1.